The lowest BCUT2D eigenvalue weighted by Crippen LogP contribution is -2.32. The lowest BCUT2D eigenvalue weighted by Gasteiger charge is -2.23. The monoisotopic (exact) mass is 406 g/mol. The third kappa shape index (κ3) is 5.23. The van der Waals surface area contributed by atoms with Crippen LogP contribution in [-0.2, 0) is 16.6 Å². The molecule has 0 heterocycles. The maximum Gasteiger partial charge on any atom is 0.251 e. The van der Waals surface area contributed by atoms with E-state index in [0.29, 0.717) is 16.3 Å². The average molecular weight is 407 g/mol. The lowest BCUT2D eigenvalue weighted by molar-refractivity contribution is 0.0938. The molecule has 0 saturated heterocycles. The highest BCUT2D eigenvalue weighted by atomic mass is 35.5. The van der Waals surface area contributed by atoms with Crippen LogP contribution in [0.15, 0.2) is 48.5 Å². The van der Waals surface area contributed by atoms with E-state index in [-0.39, 0.29) is 18.5 Å². The number of nitrogens with one attached hydrogen (secondary N) is 1. The number of halogens is 1. The van der Waals surface area contributed by atoms with Gasteiger partial charge in [0.05, 0.1) is 18.5 Å². The molecule has 1 fully saturated rings. The Balaban J connectivity index is 1.76. The summed E-state index contributed by atoms with van der Waals surface area (Å²) in [7, 11) is -3.48. The van der Waals surface area contributed by atoms with E-state index in [4.69, 9.17) is 11.6 Å². The van der Waals surface area contributed by atoms with Crippen LogP contribution in [0.4, 0.5) is 5.69 Å². The van der Waals surface area contributed by atoms with E-state index in [1.54, 1.807) is 48.5 Å². The van der Waals surface area contributed by atoms with Crippen LogP contribution >= 0.6 is 11.6 Å². The average Bonchev–Trinajstić information content (AvgIpc) is 3.13. The first-order valence-electron chi connectivity index (χ1n) is 8.96. The predicted octanol–water partition coefficient (Wildman–Crippen LogP) is 3.98. The van der Waals surface area contributed by atoms with Crippen molar-refractivity contribution in [2.75, 3.05) is 10.6 Å². The normalized spacial score (nSPS) is 14.9. The first-order valence-corrected chi connectivity index (χ1v) is 11.2. The highest BCUT2D eigenvalue weighted by Gasteiger charge is 2.20. The molecule has 7 heteroatoms. The summed E-state index contributed by atoms with van der Waals surface area (Å²) in [4.78, 5) is 12.3. The van der Waals surface area contributed by atoms with Crippen molar-refractivity contribution >= 4 is 33.2 Å². The largest absolute Gasteiger partial charge is 0.349 e. The summed E-state index contributed by atoms with van der Waals surface area (Å²) < 4.78 is 25.9. The molecule has 2 aromatic rings. The molecule has 1 saturated carbocycles. The van der Waals surface area contributed by atoms with E-state index in [1.165, 1.54) is 10.6 Å². The van der Waals surface area contributed by atoms with Crippen LogP contribution < -0.4 is 9.62 Å². The van der Waals surface area contributed by atoms with Crippen molar-refractivity contribution in [1.82, 2.24) is 5.32 Å². The molecule has 5 nitrogen and oxygen atoms in total. The van der Waals surface area contributed by atoms with Gasteiger partial charge in [-0.15, -0.1) is 0 Å². The van der Waals surface area contributed by atoms with Gasteiger partial charge >= 0.3 is 0 Å². The van der Waals surface area contributed by atoms with Gasteiger partial charge < -0.3 is 5.32 Å². The zero-order chi connectivity index (χ0) is 19.4. The Morgan fingerprint density at radius 2 is 1.67 bits per heavy atom. The summed E-state index contributed by atoms with van der Waals surface area (Å²) in [5.74, 6) is -0.114. The summed E-state index contributed by atoms with van der Waals surface area (Å²) in [6, 6.07) is 14.0. The van der Waals surface area contributed by atoms with Crippen LogP contribution in [0.25, 0.3) is 0 Å². The van der Waals surface area contributed by atoms with Gasteiger partial charge in [-0.2, -0.15) is 0 Å². The molecule has 0 radical (unpaired) electrons. The molecular formula is C20H23ClN2O3S. The molecular weight excluding hydrogens is 384 g/mol. The molecule has 1 aliphatic carbocycles. The van der Waals surface area contributed by atoms with Crippen molar-refractivity contribution in [1.29, 1.82) is 0 Å². The van der Waals surface area contributed by atoms with Gasteiger partial charge in [-0.1, -0.05) is 36.6 Å². The topological polar surface area (TPSA) is 66.5 Å². The Labute approximate surface area is 165 Å². The molecule has 0 atom stereocenters. The van der Waals surface area contributed by atoms with Gasteiger partial charge in [0.2, 0.25) is 10.0 Å². The molecule has 0 aromatic heterocycles. The van der Waals surface area contributed by atoms with Crippen molar-refractivity contribution in [2.45, 2.75) is 38.3 Å². The SMILES string of the molecule is CS(=O)(=O)N(Cc1ccc(Cl)cc1)c1ccc(C(=O)NC2CCCC2)cc1. The van der Waals surface area contributed by atoms with Gasteiger partial charge in [0.15, 0.2) is 0 Å². The lowest BCUT2D eigenvalue weighted by atomic mass is 10.1. The summed E-state index contributed by atoms with van der Waals surface area (Å²) in [5, 5.41) is 3.64. The Kier molecular flexibility index (Phi) is 6.07. The maximum absolute atomic E-state index is 12.3. The van der Waals surface area contributed by atoms with E-state index >= 15 is 0 Å². The maximum atomic E-state index is 12.3. The summed E-state index contributed by atoms with van der Waals surface area (Å²) >= 11 is 5.89. The predicted molar refractivity (Wildman–Crippen MR) is 109 cm³/mol. The molecule has 0 aliphatic heterocycles. The van der Waals surface area contributed by atoms with Crippen LogP contribution in [-0.4, -0.2) is 26.6 Å². The zero-order valence-corrected chi connectivity index (χ0v) is 16.8. The van der Waals surface area contributed by atoms with E-state index in [0.717, 1.165) is 31.2 Å². The third-order valence-electron chi connectivity index (χ3n) is 4.75. The van der Waals surface area contributed by atoms with E-state index in [9.17, 15) is 13.2 Å². The quantitative estimate of drug-likeness (QED) is 0.789. The van der Waals surface area contributed by atoms with Crippen LogP contribution in [0.1, 0.15) is 41.6 Å². The minimum Gasteiger partial charge on any atom is -0.349 e. The Morgan fingerprint density at radius 1 is 1.07 bits per heavy atom. The summed E-state index contributed by atoms with van der Waals surface area (Å²) in [6.07, 6.45) is 5.51. The van der Waals surface area contributed by atoms with Gasteiger partial charge in [-0.25, -0.2) is 8.42 Å². The Hall–Kier alpha value is -2.05. The number of rotatable bonds is 6. The molecule has 0 unspecified atom stereocenters. The number of carbonyl (C=O) groups is 1. The minimum atomic E-state index is -3.48. The number of hydrogen-bond donors (Lipinski definition) is 1. The highest BCUT2D eigenvalue weighted by molar-refractivity contribution is 7.92. The number of sulfonamides is 1. The molecule has 2 aromatic carbocycles. The van der Waals surface area contributed by atoms with Crippen molar-refractivity contribution in [2.24, 2.45) is 0 Å². The van der Waals surface area contributed by atoms with Crippen LogP contribution in [0, 0.1) is 0 Å². The molecule has 1 amide bonds. The van der Waals surface area contributed by atoms with Gasteiger partial charge in [-0.05, 0) is 54.8 Å². The number of carbonyl (C=O) groups excluding carboxylic acids is 1. The third-order valence-corrected chi connectivity index (χ3v) is 6.14. The van der Waals surface area contributed by atoms with Crippen molar-refractivity contribution < 1.29 is 13.2 Å². The van der Waals surface area contributed by atoms with Crippen molar-refractivity contribution in [3.63, 3.8) is 0 Å². The Morgan fingerprint density at radius 3 is 2.22 bits per heavy atom. The van der Waals surface area contributed by atoms with Gasteiger partial charge in [0.25, 0.3) is 5.91 Å². The molecule has 144 valence electrons. The molecule has 0 bridgehead atoms. The van der Waals surface area contributed by atoms with Gasteiger partial charge in [0.1, 0.15) is 0 Å². The fourth-order valence-corrected chi connectivity index (χ4v) is 4.29. The number of amides is 1. The fourth-order valence-electron chi connectivity index (χ4n) is 3.27. The second-order valence-corrected chi connectivity index (χ2v) is 9.24. The minimum absolute atomic E-state index is 0.114. The second kappa shape index (κ2) is 8.31. The second-order valence-electron chi connectivity index (χ2n) is 6.90. The smallest absolute Gasteiger partial charge is 0.251 e. The van der Waals surface area contributed by atoms with Crippen molar-refractivity contribution in [3.05, 3.63) is 64.7 Å². The van der Waals surface area contributed by atoms with E-state index in [2.05, 4.69) is 5.32 Å². The fraction of sp³-hybridized carbons (Fsp3) is 0.350. The summed E-state index contributed by atoms with van der Waals surface area (Å²) in [6.45, 7) is 0.198. The molecule has 27 heavy (non-hydrogen) atoms. The molecule has 1 aliphatic rings. The number of benzene rings is 2. The standard InChI is InChI=1S/C20H23ClN2O3S/c1-27(25,26)23(14-15-6-10-17(21)11-7-15)19-12-8-16(9-13-19)20(24)22-18-4-2-3-5-18/h6-13,18H,2-5,14H2,1H3,(H,22,24). The van der Waals surface area contributed by atoms with Crippen LogP contribution in [0.2, 0.25) is 5.02 Å². The number of anilines is 1. The highest BCUT2D eigenvalue weighted by Crippen LogP contribution is 2.23. The number of hydrogen-bond acceptors (Lipinski definition) is 3. The molecule has 3 rings (SSSR count). The molecule has 1 N–H and O–H groups in total. The Bertz CT molecular complexity index is 890. The first kappa shape index (κ1) is 19.7. The van der Waals surface area contributed by atoms with Gasteiger partial charge in [0, 0.05) is 16.6 Å². The summed E-state index contributed by atoms with van der Waals surface area (Å²) in [5.41, 5.74) is 1.88. The number of nitrogens with zero attached hydrogens (tertiary/aromatic N) is 1. The van der Waals surface area contributed by atoms with Crippen molar-refractivity contribution in [3.8, 4) is 0 Å². The van der Waals surface area contributed by atoms with E-state index < -0.39 is 10.0 Å². The van der Waals surface area contributed by atoms with Gasteiger partial charge in [-0.3, -0.25) is 9.10 Å². The molecule has 0 spiro atoms. The van der Waals surface area contributed by atoms with Crippen LogP contribution in [0.3, 0.4) is 0 Å². The zero-order valence-electron chi connectivity index (χ0n) is 15.2. The van der Waals surface area contributed by atoms with E-state index in [1.807, 2.05) is 0 Å². The van der Waals surface area contributed by atoms with Crippen LogP contribution in [0.5, 0.6) is 0 Å². The first-order chi connectivity index (χ1) is 12.8.